The van der Waals surface area contributed by atoms with E-state index in [-0.39, 0.29) is 0 Å². The zero-order chi connectivity index (χ0) is 13.2. The summed E-state index contributed by atoms with van der Waals surface area (Å²) in [6.45, 7) is 5.42. The summed E-state index contributed by atoms with van der Waals surface area (Å²) >= 11 is 0. The molecule has 0 saturated heterocycles. The number of carbonyl (C=O) groups is 1. The Morgan fingerprint density at radius 3 is 2.56 bits per heavy atom. The molecule has 0 aromatic rings. The number of rotatable bonds is 5. The van der Waals surface area contributed by atoms with Crippen molar-refractivity contribution in [2.24, 2.45) is 17.8 Å². The highest BCUT2D eigenvalue weighted by Gasteiger charge is 2.41. The van der Waals surface area contributed by atoms with Gasteiger partial charge in [-0.1, -0.05) is 26.7 Å². The Kier molecular flexibility index (Phi) is 4.31. The first-order chi connectivity index (χ1) is 8.53. The molecule has 2 fully saturated rings. The highest BCUT2D eigenvalue weighted by molar-refractivity contribution is 5.78. The van der Waals surface area contributed by atoms with Crippen LogP contribution >= 0.6 is 0 Å². The molecule has 18 heavy (non-hydrogen) atoms. The average Bonchev–Trinajstić information content (AvgIpc) is 3.13. The van der Waals surface area contributed by atoms with Crippen molar-refractivity contribution in [2.45, 2.75) is 64.3 Å². The van der Waals surface area contributed by atoms with E-state index in [0.29, 0.717) is 11.8 Å². The average molecular weight is 253 g/mol. The van der Waals surface area contributed by atoms with Gasteiger partial charge < -0.3 is 10.4 Å². The molecule has 0 amide bonds. The van der Waals surface area contributed by atoms with E-state index in [2.05, 4.69) is 19.2 Å². The first kappa shape index (κ1) is 13.9. The third kappa shape index (κ3) is 3.25. The van der Waals surface area contributed by atoms with Crippen LogP contribution < -0.4 is 5.32 Å². The maximum Gasteiger partial charge on any atom is 0.323 e. The number of carboxylic acid groups (broad SMARTS) is 1. The molecule has 104 valence electrons. The third-order valence-electron chi connectivity index (χ3n) is 4.90. The standard InChI is InChI=1S/C15H27NO2/c1-11(2)13-4-3-8-15(9-7-13,14(17)18)16-10-12-5-6-12/h11-13,16H,3-10H2,1-2H3,(H,17,18). The zero-order valence-corrected chi connectivity index (χ0v) is 11.7. The molecule has 0 aromatic heterocycles. The summed E-state index contributed by atoms with van der Waals surface area (Å²) in [6.07, 6.45) is 7.46. The number of hydrogen-bond donors (Lipinski definition) is 2. The summed E-state index contributed by atoms with van der Waals surface area (Å²) in [5.41, 5.74) is -0.633. The van der Waals surface area contributed by atoms with Gasteiger partial charge in [-0.25, -0.2) is 0 Å². The fourth-order valence-electron chi connectivity index (χ4n) is 3.16. The third-order valence-corrected chi connectivity index (χ3v) is 4.90. The van der Waals surface area contributed by atoms with Crippen molar-refractivity contribution >= 4 is 5.97 Å². The minimum Gasteiger partial charge on any atom is -0.480 e. The Morgan fingerprint density at radius 2 is 2.00 bits per heavy atom. The zero-order valence-electron chi connectivity index (χ0n) is 11.7. The molecule has 2 aliphatic rings. The normalized spacial score (nSPS) is 33.4. The smallest absolute Gasteiger partial charge is 0.323 e. The lowest BCUT2D eigenvalue weighted by Crippen LogP contribution is -2.52. The van der Waals surface area contributed by atoms with Gasteiger partial charge in [0, 0.05) is 0 Å². The monoisotopic (exact) mass is 253 g/mol. The second-order valence-electron chi connectivity index (χ2n) is 6.65. The van der Waals surface area contributed by atoms with E-state index in [1.165, 1.54) is 19.3 Å². The Hall–Kier alpha value is -0.570. The first-order valence-corrected chi connectivity index (χ1v) is 7.52. The summed E-state index contributed by atoms with van der Waals surface area (Å²) in [7, 11) is 0. The van der Waals surface area contributed by atoms with E-state index in [4.69, 9.17) is 0 Å². The molecule has 0 bridgehead atoms. The predicted molar refractivity (Wildman–Crippen MR) is 72.5 cm³/mol. The van der Waals surface area contributed by atoms with E-state index in [0.717, 1.165) is 38.1 Å². The van der Waals surface area contributed by atoms with E-state index in [1.54, 1.807) is 0 Å². The van der Waals surface area contributed by atoms with Crippen LogP contribution in [-0.2, 0) is 4.79 Å². The fourth-order valence-corrected chi connectivity index (χ4v) is 3.16. The molecule has 2 unspecified atom stereocenters. The van der Waals surface area contributed by atoms with E-state index in [1.807, 2.05) is 0 Å². The lowest BCUT2D eigenvalue weighted by atomic mass is 9.86. The van der Waals surface area contributed by atoms with Gasteiger partial charge in [-0.3, -0.25) is 4.79 Å². The van der Waals surface area contributed by atoms with Crippen molar-refractivity contribution < 1.29 is 9.90 Å². The van der Waals surface area contributed by atoms with Crippen molar-refractivity contribution in [3.63, 3.8) is 0 Å². The minimum atomic E-state index is -0.633. The summed E-state index contributed by atoms with van der Waals surface area (Å²) in [4.78, 5) is 11.7. The molecular formula is C15H27NO2. The molecule has 3 nitrogen and oxygen atoms in total. The second-order valence-corrected chi connectivity index (χ2v) is 6.65. The number of carboxylic acids is 1. The SMILES string of the molecule is CC(C)C1CCCC(NCC2CC2)(C(=O)O)CC1. The molecule has 2 N–H and O–H groups in total. The molecular weight excluding hydrogens is 226 g/mol. The lowest BCUT2D eigenvalue weighted by molar-refractivity contribution is -0.145. The largest absolute Gasteiger partial charge is 0.480 e. The topological polar surface area (TPSA) is 49.3 Å². The summed E-state index contributed by atoms with van der Waals surface area (Å²) < 4.78 is 0. The molecule has 0 aromatic carbocycles. The Bertz CT molecular complexity index is 299. The van der Waals surface area contributed by atoms with E-state index >= 15 is 0 Å². The Balaban J connectivity index is 1.97. The van der Waals surface area contributed by atoms with Crippen LogP contribution in [0.2, 0.25) is 0 Å². The molecule has 0 aliphatic heterocycles. The van der Waals surface area contributed by atoms with Gasteiger partial charge in [-0.15, -0.1) is 0 Å². The van der Waals surface area contributed by atoms with Crippen LogP contribution in [0.5, 0.6) is 0 Å². The maximum atomic E-state index is 11.7. The van der Waals surface area contributed by atoms with Crippen LogP contribution in [0, 0.1) is 17.8 Å². The van der Waals surface area contributed by atoms with Crippen LogP contribution in [0.25, 0.3) is 0 Å². The van der Waals surface area contributed by atoms with Crippen molar-refractivity contribution in [2.75, 3.05) is 6.54 Å². The van der Waals surface area contributed by atoms with Gasteiger partial charge in [0.1, 0.15) is 5.54 Å². The molecule has 2 atom stereocenters. The first-order valence-electron chi connectivity index (χ1n) is 7.52. The van der Waals surface area contributed by atoms with E-state index in [9.17, 15) is 9.90 Å². The highest BCUT2D eigenvalue weighted by Crippen LogP contribution is 2.35. The molecule has 0 heterocycles. The number of nitrogens with one attached hydrogen (secondary N) is 1. The van der Waals surface area contributed by atoms with Crippen molar-refractivity contribution in [3.8, 4) is 0 Å². The van der Waals surface area contributed by atoms with Crippen molar-refractivity contribution in [1.29, 1.82) is 0 Å². The van der Waals surface area contributed by atoms with Gasteiger partial charge in [0.25, 0.3) is 0 Å². The van der Waals surface area contributed by atoms with Gasteiger partial charge in [-0.05, 0) is 56.4 Å². The Labute approximate surface area is 110 Å². The van der Waals surface area contributed by atoms with Crippen LogP contribution in [-0.4, -0.2) is 23.2 Å². The van der Waals surface area contributed by atoms with Crippen LogP contribution in [0.15, 0.2) is 0 Å². The fraction of sp³-hybridized carbons (Fsp3) is 0.933. The van der Waals surface area contributed by atoms with Crippen molar-refractivity contribution in [1.82, 2.24) is 5.32 Å². The maximum absolute atomic E-state index is 11.7. The van der Waals surface area contributed by atoms with E-state index < -0.39 is 11.5 Å². The Morgan fingerprint density at radius 1 is 1.28 bits per heavy atom. The summed E-state index contributed by atoms with van der Waals surface area (Å²) in [6, 6.07) is 0. The lowest BCUT2D eigenvalue weighted by Gasteiger charge is -2.30. The molecule has 2 saturated carbocycles. The summed E-state index contributed by atoms with van der Waals surface area (Å²) in [5, 5.41) is 13.0. The molecule has 0 radical (unpaired) electrons. The van der Waals surface area contributed by atoms with Crippen LogP contribution in [0.4, 0.5) is 0 Å². The van der Waals surface area contributed by atoms with Crippen LogP contribution in [0.3, 0.4) is 0 Å². The van der Waals surface area contributed by atoms with Gasteiger partial charge in [0.15, 0.2) is 0 Å². The van der Waals surface area contributed by atoms with Gasteiger partial charge in [0.05, 0.1) is 0 Å². The molecule has 2 aliphatic carbocycles. The molecule has 0 spiro atoms. The molecule has 3 heteroatoms. The quantitative estimate of drug-likeness (QED) is 0.740. The number of hydrogen-bond acceptors (Lipinski definition) is 2. The molecule has 2 rings (SSSR count). The summed E-state index contributed by atoms with van der Waals surface area (Å²) in [5.74, 6) is 1.49. The van der Waals surface area contributed by atoms with Gasteiger partial charge >= 0.3 is 5.97 Å². The second kappa shape index (κ2) is 5.60. The van der Waals surface area contributed by atoms with Crippen LogP contribution in [0.1, 0.15) is 58.8 Å². The number of aliphatic carboxylic acids is 1. The van der Waals surface area contributed by atoms with Gasteiger partial charge in [0.2, 0.25) is 0 Å². The van der Waals surface area contributed by atoms with Gasteiger partial charge in [-0.2, -0.15) is 0 Å². The predicted octanol–water partition coefficient (Wildman–Crippen LogP) is 3.05. The highest BCUT2D eigenvalue weighted by atomic mass is 16.4. The van der Waals surface area contributed by atoms with Crippen molar-refractivity contribution in [3.05, 3.63) is 0 Å². The minimum absolute atomic E-state index is 0.632.